The molecule has 0 unspecified atom stereocenters. The van der Waals surface area contributed by atoms with Crippen molar-refractivity contribution in [2.45, 2.75) is 45.3 Å². The van der Waals surface area contributed by atoms with Crippen molar-refractivity contribution in [3.63, 3.8) is 0 Å². The zero-order chi connectivity index (χ0) is 21.6. The van der Waals surface area contributed by atoms with Crippen LogP contribution in [0.4, 0.5) is 10.5 Å². The molecule has 0 saturated carbocycles. The number of carbonyl (C=O) groups is 3. The smallest absolute Gasteiger partial charge is 0.410 e. The number of anilines is 1. The number of nitrogens with zero attached hydrogens (tertiary/aromatic N) is 1. The maximum Gasteiger partial charge on any atom is 0.410 e. The Morgan fingerprint density at radius 1 is 1.21 bits per heavy atom. The molecule has 1 N–H and O–H groups in total. The van der Waals surface area contributed by atoms with Crippen LogP contribution in [0, 0.1) is 0 Å². The van der Waals surface area contributed by atoms with Crippen molar-refractivity contribution in [3.8, 4) is 0 Å². The number of hydrogen-bond donors (Lipinski definition) is 1. The Morgan fingerprint density at radius 3 is 2.52 bits per heavy atom. The summed E-state index contributed by atoms with van der Waals surface area (Å²) >= 11 is 0. The predicted molar refractivity (Wildman–Crippen MR) is 114 cm³/mol. The van der Waals surface area contributed by atoms with Crippen molar-refractivity contribution in [1.82, 2.24) is 4.90 Å². The molecule has 6 nitrogen and oxygen atoms in total. The summed E-state index contributed by atoms with van der Waals surface area (Å²) in [5.74, 6) is -0.618. The van der Waals surface area contributed by atoms with Crippen LogP contribution in [0.15, 0.2) is 61.2 Å². The fourth-order valence-electron chi connectivity index (χ4n) is 3.10. The highest BCUT2D eigenvalue weighted by molar-refractivity contribution is 6.15. The van der Waals surface area contributed by atoms with Crippen LogP contribution in [0.3, 0.4) is 0 Å². The summed E-state index contributed by atoms with van der Waals surface area (Å²) in [6.07, 6.45) is 5.25. The van der Waals surface area contributed by atoms with Gasteiger partial charge >= 0.3 is 6.09 Å². The quantitative estimate of drug-likeness (QED) is 0.436. The van der Waals surface area contributed by atoms with Gasteiger partial charge in [0, 0.05) is 17.7 Å². The van der Waals surface area contributed by atoms with Gasteiger partial charge in [-0.1, -0.05) is 43.5 Å². The summed E-state index contributed by atoms with van der Waals surface area (Å²) in [5, 5.41) is 2.81. The summed E-state index contributed by atoms with van der Waals surface area (Å²) in [6.45, 7) is 13.1. The molecule has 1 aliphatic rings. The number of rotatable bonds is 6. The van der Waals surface area contributed by atoms with E-state index < -0.39 is 17.7 Å². The molecule has 2 amide bonds. The molecule has 1 aromatic rings. The largest absolute Gasteiger partial charge is 0.444 e. The molecule has 0 radical (unpaired) electrons. The van der Waals surface area contributed by atoms with Crippen molar-refractivity contribution in [3.05, 3.63) is 66.8 Å². The highest BCUT2D eigenvalue weighted by Crippen LogP contribution is 2.24. The molecule has 1 aromatic carbocycles. The van der Waals surface area contributed by atoms with Crippen LogP contribution in [0.5, 0.6) is 0 Å². The second-order valence-electron chi connectivity index (χ2n) is 7.76. The molecule has 1 atom stereocenters. The van der Waals surface area contributed by atoms with Crippen LogP contribution in [0.2, 0.25) is 0 Å². The maximum absolute atomic E-state index is 12.9. The molecule has 2 rings (SSSR count). The third kappa shape index (κ3) is 5.67. The highest BCUT2D eigenvalue weighted by Gasteiger charge is 2.36. The van der Waals surface area contributed by atoms with E-state index in [0.29, 0.717) is 36.2 Å². The van der Waals surface area contributed by atoms with Gasteiger partial charge in [-0.2, -0.15) is 0 Å². The zero-order valence-electron chi connectivity index (χ0n) is 17.2. The predicted octanol–water partition coefficient (Wildman–Crippen LogP) is 4.51. The van der Waals surface area contributed by atoms with Crippen LogP contribution in [-0.4, -0.2) is 40.9 Å². The van der Waals surface area contributed by atoms with E-state index >= 15 is 0 Å². The van der Waals surface area contributed by atoms with Crippen LogP contribution in [-0.2, 0) is 9.53 Å². The first-order valence-corrected chi connectivity index (χ1v) is 9.57. The molecule has 0 bridgehead atoms. The number of carbonyl (C=O) groups excluding carboxylic acids is 3. The second kappa shape index (κ2) is 9.37. The summed E-state index contributed by atoms with van der Waals surface area (Å²) in [4.78, 5) is 39.6. The Bertz CT molecular complexity index is 849. The van der Waals surface area contributed by atoms with E-state index in [4.69, 9.17) is 4.74 Å². The lowest BCUT2D eigenvalue weighted by Gasteiger charge is -2.28. The number of hydrogen-bond acceptors (Lipinski definition) is 4. The zero-order valence-corrected chi connectivity index (χ0v) is 17.2. The van der Waals surface area contributed by atoms with Crippen LogP contribution >= 0.6 is 0 Å². The van der Waals surface area contributed by atoms with E-state index in [0.717, 1.165) is 0 Å². The van der Waals surface area contributed by atoms with E-state index in [1.165, 1.54) is 17.1 Å². The Kier molecular flexibility index (Phi) is 7.15. The molecule has 1 saturated heterocycles. The van der Waals surface area contributed by atoms with Gasteiger partial charge in [0.15, 0.2) is 5.78 Å². The number of allylic oxidation sites excluding steroid dienone is 4. The molecule has 0 aromatic heterocycles. The van der Waals surface area contributed by atoms with Gasteiger partial charge in [0.25, 0.3) is 0 Å². The third-order valence-electron chi connectivity index (χ3n) is 4.39. The summed E-state index contributed by atoms with van der Waals surface area (Å²) < 4.78 is 5.41. The molecular weight excluding hydrogens is 368 g/mol. The first-order valence-electron chi connectivity index (χ1n) is 9.57. The minimum Gasteiger partial charge on any atom is -0.444 e. The van der Waals surface area contributed by atoms with Gasteiger partial charge in [0.05, 0.1) is 5.69 Å². The van der Waals surface area contributed by atoms with Crippen LogP contribution in [0.1, 0.15) is 44.0 Å². The van der Waals surface area contributed by atoms with Crippen LogP contribution < -0.4 is 5.32 Å². The topological polar surface area (TPSA) is 75.7 Å². The van der Waals surface area contributed by atoms with E-state index in [9.17, 15) is 14.4 Å². The Morgan fingerprint density at radius 2 is 1.90 bits per heavy atom. The molecule has 1 aliphatic heterocycles. The monoisotopic (exact) mass is 396 g/mol. The first-order chi connectivity index (χ1) is 13.7. The summed E-state index contributed by atoms with van der Waals surface area (Å²) in [7, 11) is 0. The molecule has 0 aliphatic carbocycles. The number of Topliss-reactive ketones (excluding diaryl/α,β-unsaturated/α-hetero) is 1. The lowest BCUT2D eigenvalue weighted by Crippen LogP contribution is -2.45. The molecule has 6 heteroatoms. The van der Waals surface area contributed by atoms with Crippen molar-refractivity contribution in [1.29, 1.82) is 0 Å². The highest BCUT2D eigenvalue weighted by atomic mass is 16.6. The van der Waals surface area contributed by atoms with Crippen LogP contribution in [0.25, 0.3) is 0 Å². The van der Waals surface area contributed by atoms with E-state index in [-0.39, 0.29) is 11.7 Å². The van der Waals surface area contributed by atoms with Gasteiger partial charge in [0.1, 0.15) is 11.6 Å². The Labute approximate surface area is 171 Å². The molecule has 29 heavy (non-hydrogen) atoms. The number of amides is 2. The maximum atomic E-state index is 12.9. The normalized spacial score (nSPS) is 16.9. The third-order valence-corrected chi connectivity index (χ3v) is 4.39. The Balaban J connectivity index is 2.22. The minimum atomic E-state index is -0.643. The van der Waals surface area contributed by atoms with E-state index in [1.54, 1.807) is 51.1 Å². The van der Waals surface area contributed by atoms with Crippen molar-refractivity contribution in [2.24, 2.45) is 0 Å². The molecule has 1 heterocycles. The minimum absolute atomic E-state index is 0.272. The van der Waals surface area contributed by atoms with Crippen molar-refractivity contribution >= 4 is 23.5 Å². The van der Waals surface area contributed by atoms with Crippen molar-refractivity contribution in [2.75, 3.05) is 11.9 Å². The molecular formula is C23H28N2O4. The number of likely N-dealkylation sites (tertiary alicyclic amines) is 1. The van der Waals surface area contributed by atoms with Gasteiger partial charge in [0.2, 0.25) is 5.91 Å². The van der Waals surface area contributed by atoms with Gasteiger partial charge < -0.3 is 10.1 Å². The lowest BCUT2D eigenvalue weighted by molar-refractivity contribution is -0.120. The van der Waals surface area contributed by atoms with Gasteiger partial charge in [-0.15, -0.1) is 0 Å². The number of benzene rings is 1. The Hall–Kier alpha value is -3.15. The SMILES string of the molecule is C=C/C=C(\C=C)C(=O)c1ccccc1NC(=O)[C@H]1CCCN1C(=O)OC(C)(C)C. The van der Waals surface area contributed by atoms with E-state index in [2.05, 4.69) is 18.5 Å². The second-order valence-corrected chi connectivity index (χ2v) is 7.76. The van der Waals surface area contributed by atoms with Gasteiger partial charge in [-0.3, -0.25) is 14.5 Å². The number of nitrogens with one attached hydrogen (secondary N) is 1. The average molecular weight is 396 g/mol. The summed E-state index contributed by atoms with van der Waals surface area (Å²) in [6, 6.07) is 6.11. The average Bonchev–Trinajstić information content (AvgIpc) is 3.15. The van der Waals surface area contributed by atoms with E-state index in [1.807, 2.05) is 0 Å². The molecule has 0 spiro atoms. The fourth-order valence-corrected chi connectivity index (χ4v) is 3.10. The fraction of sp³-hybridized carbons (Fsp3) is 0.348. The first kappa shape index (κ1) is 22.1. The van der Waals surface area contributed by atoms with Crippen molar-refractivity contribution < 1.29 is 19.1 Å². The van der Waals surface area contributed by atoms with Gasteiger partial charge in [-0.05, 0) is 45.7 Å². The number of ketones is 1. The molecule has 1 fully saturated rings. The van der Waals surface area contributed by atoms with Gasteiger partial charge in [-0.25, -0.2) is 4.79 Å². The lowest BCUT2D eigenvalue weighted by atomic mass is 10.0. The number of para-hydroxylation sites is 1. The molecule has 154 valence electrons. The summed E-state index contributed by atoms with van der Waals surface area (Å²) in [5.41, 5.74) is 0.460. The standard InChI is InChI=1S/C23H28N2O4/c1-6-11-16(7-2)20(26)17-12-8-9-13-18(17)24-21(27)19-14-10-15-25(19)22(28)29-23(3,4)5/h6-9,11-13,19H,1-2,10,14-15H2,3-5H3,(H,24,27)/b16-11+/t19-/m1/s1. The number of ether oxygens (including phenoxy) is 1.